The van der Waals surface area contributed by atoms with Crippen molar-refractivity contribution < 1.29 is 8.42 Å². The van der Waals surface area contributed by atoms with E-state index in [4.69, 9.17) is 0 Å². The molecule has 0 aliphatic carbocycles. The van der Waals surface area contributed by atoms with E-state index in [0.29, 0.717) is 25.4 Å². The number of hydrogen-bond acceptors (Lipinski definition) is 4. The van der Waals surface area contributed by atoms with Crippen LogP contribution >= 0.6 is 35.3 Å². The molecule has 6 nitrogen and oxygen atoms in total. The molecule has 0 radical (unpaired) electrons. The molecule has 1 aromatic rings. The summed E-state index contributed by atoms with van der Waals surface area (Å²) in [6.45, 7) is 6.79. The van der Waals surface area contributed by atoms with E-state index in [0.717, 1.165) is 25.3 Å². The number of aliphatic imine (C=N–C) groups is 1. The minimum atomic E-state index is -3.10. The maximum absolute atomic E-state index is 11.0. The Balaban J connectivity index is 0.00000484. The SMILES string of the molecule is CCNC(=NCC(C)c1cccs1)NCCCNS(C)(=O)=O.I. The van der Waals surface area contributed by atoms with E-state index in [2.05, 4.69) is 44.8 Å². The molecule has 0 aliphatic rings. The lowest BCUT2D eigenvalue weighted by Gasteiger charge is -2.13. The topological polar surface area (TPSA) is 82.6 Å². The average Bonchev–Trinajstić information content (AvgIpc) is 2.96. The van der Waals surface area contributed by atoms with Crippen LogP contribution in [0.1, 0.15) is 31.1 Å². The van der Waals surface area contributed by atoms with E-state index in [1.807, 2.05) is 6.92 Å². The van der Waals surface area contributed by atoms with Crippen molar-refractivity contribution >= 4 is 51.3 Å². The van der Waals surface area contributed by atoms with Crippen LogP contribution in [0, 0.1) is 0 Å². The van der Waals surface area contributed by atoms with Crippen LogP contribution in [0.5, 0.6) is 0 Å². The summed E-state index contributed by atoms with van der Waals surface area (Å²) in [6, 6.07) is 4.18. The van der Waals surface area contributed by atoms with Crippen LogP contribution in [0.3, 0.4) is 0 Å². The highest BCUT2D eigenvalue weighted by Crippen LogP contribution is 2.20. The van der Waals surface area contributed by atoms with Gasteiger partial charge in [-0.05, 0) is 24.8 Å². The van der Waals surface area contributed by atoms with Crippen LogP contribution in [0.25, 0.3) is 0 Å². The molecule has 0 saturated carbocycles. The number of halogens is 1. The number of guanidine groups is 1. The zero-order chi connectivity index (χ0) is 16.4. The average molecular weight is 474 g/mol. The van der Waals surface area contributed by atoms with Crippen LogP contribution in [0.2, 0.25) is 0 Å². The van der Waals surface area contributed by atoms with Gasteiger partial charge in [0.05, 0.1) is 12.8 Å². The second kappa shape index (κ2) is 12.0. The van der Waals surface area contributed by atoms with E-state index < -0.39 is 10.0 Å². The second-order valence-corrected chi connectivity index (χ2v) is 7.90. The lowest BCUT2D eigenvalue weighted by Crippen LogP contribution is -2.39. The van der Waals surface area contributed by atoms with Crippen molar-refractivity contribution in [2.75, 3.05) is 32.4 Å². The molecule has 1 rings (SSSR count). The first-order chi connectivity index (χ1) is 10.4. The first kappa shape index (κ1) is 22.6. The molecular formula is C14H27IN4O2S2. The Kier molecular flexibility index (Phi) is 11.8. The minimum absolute atomic E-state index is 0. The zero-order valence-corrected chi connectivity index (χ0v) is 17.8. The highest BCUT2D eigenvalue weighted by atomic mass is 127. The normalized spacial score (nSPS) is 13.3. The first-order valence-corrected chi connectivity index (χ1v) is 10.2. The lowest BCUT2D eigenvalue weighted by molar-refractivity contribution is 0.584. The Morgan fingerprint density at radius 1 is 1.35 bits per heavy atom. The smallest absolute Gasteiger partial charge is 0.208 e. The van der Waals surface area contributed by atoms with Gasteiger partial charge in [-0.2, -0.15) is 0 Å². The molecule has 9 heteroatoms. The van der Waals surface area contributed by atoms with Crippen molar-refractivity contribution in [3.05, 3.63) is 22.4 Å². The second-order valence-electron chi connectivity index (χ2n) is 5.08. The van der Waals surface area contributed by atoms with Crippen molar-refractivity contribution in [1.29, 1.82) is 0 Å². The molecule has 23 heavy (non-hydrogen) atoms. The van der Waals surface area contributed by atoms with Gasteiger partial charge in [0, 0.05) is 30.4 Å². The zero-order valence-electron chi connectivity index (χ0n) is 13.8. The number of nitrogens with one attached hydrogen (secondary N) is 3. The van der Waals surface area contributed by atoms with Gasteiger partial charge in [0.15, 0.2) is 5.96 Å². The summed E-state index contributed by atoms with van der Waals surface area (Å²) in [4.78, 5) is 5.91. The van der Waals surface area contributed by atoms with Crippen LogP contribution in [0.4, 0.5) is 0 Å². The molecule has 1 atom stereocenters. The van der Waals surface area contributed by atoms with Gasteiger partial charge < -0.3 is 10.6 Å². The third-order valence-corrected chi connectivity index (χ3v) is 4.74. The summed E-state index contributed by atoms with van der Waals surface area (Å²) in [6.07, 6.45) is 1.87. The summed E-state index contributed by atoms with van der Waals surface area (Å²) in [5.41, 5.74) is 0. The van der Waals surface area contributed by atoms with Crippen molar-refractivity contribution in [3.8, 4) is 0 Å². The van der Waals surface area contributed by atoms with Gasteiger partial charge in [-0.15, -0.1) is 35.3 Å². The number of nitrogens with zero attached hydrogens (tertiary/aromatic N) is 1. The number of rotatable bonds is 9. The third-order valence-electron chi connectivity index (χ3n) is 2.91. The van der Waals surface area contributed by atoms with Gasteiger partial charge in [-0.3, -0.25) is 4.99 Å². The van der Waals surface area contributed by atoms with Crippen LogP contribution in [0.15, 0.2) is 22.5 Å². The van der Waals surface area contributed by atoms with Crippen molar-refractivity contribution in [2.45, 2.75) is 26.2 Å². The fraction of sp³-hybridized carbons (Fsp3) is 0.643. The quantitative estimate of drug-likeness (QED) is 0.221. The van der Waals surface area contributed by atoms with Crippen LogP contribution in [-0.4, -0.2) is 46.8 Å². The molecule has 0 aliphatic heterocycles. The maximum atomic E-state index is 11.0. The standard InChI is InChI=1S/C14H26N4O2S2.HI/c1-4-15-14(16-8-6-9-18-22(3,19)20)17-11-12(2)13-7-5-10-21-13;/h5,7,10,12,18H,4,6,8-9,11H2,1-3H3,(H2,15,16,17);1H. The summed E-state index contributed by atoms with van der Waals surface area (Å²) in [7, 11) is -3.10. The molecule has 1 heterocycles. The molecule has 0 bridgehead atoms. The minimum Gasteiger partial charge on any atom is -0.357 e. The summed E-state index contributed by atoms with van der Waals surface area (Å²) < 4.78 is 24.4. The molecule has 3 N–H and O–H groups in total. The molecular weight excluding hydrogens is 447 g/mol. The maximum Gasteiger partial charge on any atom is 0.208 e. The molecule has 1 unspecified atom stereocenters. The summed E-state index contributed by atoms with van der Waals surface area (Å²) >= 11 is 1.75. The predicted octanol–water partition coefficient (Wildman–Crippen LogP) is 1.96. The first-order valence-electron chi connectivity index (χ1n) is 7.42. The molecule has 1 aromatic heterocycles. The van der Waals surface area contributed by atoms with E-state index in [1.165, 1.54) is 4.88 Å². The fourth-order valence-corrected chi connectivity index (χ4v) is 3.08. The monoisotopic (exact) mass is 474 g/mol. The lowest BCUT2D eigenvalue weighted by atomic mass is 10.1. The Bertz CT molecular complexity index is 547. The highest BCUT2D eigenvalue weighted by molar-refractivity contribution is 14.0. The van der Waals surface area contributed by atoms with Gasteiger partial charge in [0.2, 0.25) is 10.0 Å². The number of thiophene rings is 1. The van der Waals surface area contributed by atoms with Gasteiger partial charge in [0.25, 0.3) is 0 Å². The number of sulfonamides is 1. The Hall–Kier alpha value is -0.390. The highest BCUT2D eigenvalue weighted by Gasteiger charge is 2.06. The van der Waals surface area contributed by atoms with Crippen LogP contribution < -0.4 is 15.4 Å². The third kappa shape index (κ3) is 10.9. The van der Waals surface area contributed by atoms with Crippen LogP contribution in [-0.2, 0) is 10.0 Å². The summed E-state index contributed by atoms with van der Waals surface area (Å²) in [5, 5.41) is 8.49. The van der Waals surface area contributed by atoms with Gasteiger partial charge >= 0.3 is 0 Å². The molecule has 134 valence electrons. The Morgan fingerprint density at radius 3 is 2.65 bits per heavy atom. The Labute approximate surface area is 160 Å². The van der Waals surface area contributed by atoms with E-state index in [9.17, 15) is 8.42 Å². The van der Waals surface area contributed by atoms with Crippen molar-refractivity contribution in [1.82, 2.24) is 15.4 Å². The van der Waals surface area contributed by atoms with Crippen molar-refractivity contribution in [3.63, 3.8) is 0 Å². The molecule has 0 spiro atoms. The largest absolute Gasteiger partial charge is 0.357 e. The summed E-state index contributed by atoms with van der Waals surface area (Å²) in [5.74, 6) is 1.16. The Morgan fingerprint density at radius 2 is 2.09 bits per heavy atom. The van der Waals surface area contributed by atoms with E-state index in [1.54, 1.807) is 11.3 Å². The van der Waals surface area contributed by atoms with Crippen molar-refractivity contribution in [2.24, 2.45) is 4.99 Å². The van der Waals surface area contributed by atoms with E-state index >= 15 is 0 Å². The van der Waals surface area contributed by atoms with Gasteiger partial charge in [-0.1, -0.05) is 13.0 Å². The van der Waals surface area contributed by atoms with Gasteiger partial charge in [-0.25, -0.2) is 13.1 Å². The predicted molar refractivity (Wildman–Crippen MR) is 110 cm³/mol. The van der Waals surface area contributed by atoms with Gasteiger partial charge in [0.1, 0.15) is 0 Å². The molecule has 0 aromatic carbocycles. The number of hydrogen-bond donors (Lipinski definition) is 3. The molecule has 0 fully saturated rings. The van der Waals surface area contributed by atoms with E-state index in [-0.39, 0.29) is 24.0 Å². The fourth-order valence-electron chi connectivity index (χ4n) is 1.78. The molecule has 0 amide bonds. The molecule has 0 saturated heterocycles.